The van der Waals surface area contributed by atoms with Crippen LogP contribution in [-0.2, 0) is 0 Å². The van der Waals surface area contributed by atoms with Crippen LogP contribution < -0.4 is 9.47 Å². The monoisotopic (exact) mass is 379 g/mol. The van der Waals surface area contributed by atoms with E-state index in [1.165, 1.54) is 0 Å². The number of methoxy groups -OCH3 is 1. The third-order valence-electron chi connectivity index (χ3n) is 5.20. The smallest absolute Gasteiger partial charge is 0.253 e. The van der Waals surface area contributed by atoms with Gasteiger partial charge in [0.15, 0.2) is 0 Å². The van der Waals surface area contributed by atoms with Crippen LogP contribution in [0.3, 0.4) is 0 Å². The minimum atomic E-state index is 0.0725. The van der Waals surface area contributed by atoms with Crippen molar-refractivity contribution >= 4 is 16.9 Å². The number of rotatable bonds is 5. The second-order valence-electron chi connectivity index (χ2n) is 7.30. The Balaban J connectivity index is 1.38. The van der Waals surface area contributed by atoms with Crippen molar-refractivity contribution in [3.63, 3.8) is 0 Å². The van der Waals surface area contributed by atoms with E-state index in [-0.39, 0.29) is 5.91 Å². The van der Waals surface area contributed by atoms with Crippen molar-refractivity contribution in [1.29, 1.82) is 0 Å². The number of nitrogens with zero attached hydrogens (tertiary/aromatic N) is 2. The number of nitrogens with one attached hydrogen (secondary N) is 1. The summed E-state index contributed by atoms with van der Waals surface area (Å²) in [5.74, 6) is 2.89. The lowest BCUT2D eigenvalue weighted by molar-refractivity contribution is 0.0633. The first-order valence-corrected chi connectivity index (χ1v) is 9.65. The van der Waals surface area contributed by atoms with Gasteiger partial charge in [0.2, 0.25) is 0 Å². The van der Waals surface area contributed by atoms with Crippen LogP contribution in [-0.4, -0.2) is 47.6 Å². The first-order valence-electron chi connectivity index (χ1n) is 9.65. The molecule has 1 fully saturated rings. The van der Waals surface area contributed by atoms with E-state index in [1.54, 1.807) is 7.11 Å². The average molecular weight is 379 g/mol. The molecular weight excluding hydrogens is 354 g/mol. The zero-order chi connectivity index (χ0) is 19.5. The number of aromatic nitrogens is 2. The Morgan fingerprint density at radius 2 is 2.00 bits per heavy atom. The van der Waals surface area contributed by atoms with Gasteiger partial charge in [-0.3, -0.25) is 4.79 Å². The number of benzene rings is 2. The zero-order valence-corrected chi connectivity index (χ0v) is 16.3. The molecule has 0 saturated carbocycles. The van der Waals surface area contributed by atoms with Crippen molar-refractivity contribution in [2.45, 2.75) is 19.8 Å². The molecule has 0 aliphatic carbocycles. The summed E-state index contributed by atoms with van der Waals surface area (Å²) in [6.07, 6.45) is 2.06. The summed E-state index contributed by atoms with van der Waals surface area (Å²) in [4.78, 5) is 22.5. The molecule has 1 aliphatic heterocycles. The van der Waals surface area contributed by atoms with Gasteiger partial charge in [0.05, 0.1) is 24.8 Å². The topological polar surface area (TPSA) is 67.5 Å². The molecule has 4 rings (SSSR count). The van der Waals surface area contributed by atoms with Crippen molar-refractivity contribution in [3.05, 3.63) is 53.9 Å². The van der Waals surface area contributed by atoms with Crippen LogP contribution in [0, 0.1) is 12.8 Å². The standard InChI is InChI=1S/C22H25N3O3/c1-15-23-20-10-5-17(12-21(20)24-15)22(26)25-11-3-4-16(13-25)14-28-19-8-6-18(27-2)7-9-19/h5-10,12,16H,3-4,11,13-14H2,1-2H3,(H,23,24)/t16-/m1/s1. The number of fused-ring (bicyclic) bond motifs is 1. The van der Waals surface area contributed by atoms with E-state index in [1.807, 2.05) is 54.3 Å². The first-order chi connectivity index (χ1) is 13.6. The fraction of sp³-hybridized carbons (Fsp3) is 0.364. The molecule has 1 saturated heterocycles. The first kappa shape index (κ1) is 18.3. The van der Waals surface area contributed by atoms with Crippen molar-refractivity contribution < 1.29 is 14.3 Å². The molecule has 146 valence electrons. The van der Waals surface area contributed by atoms with Gasteiger partial charge >= 0.3 is 0 Å². The molecule has 1 amide bonds. The Labute approximate surface area is 164 Å². The SMILES string of the molecule is COc1ccc(OC[C@@H]2CCCN(C(=O)c3ccc4nc(C)[nH]c4c3)C2)cc1. The summed E-state index contributed by atoms with van der Waals surface area (Å²) in [5, 5.41) is 0. The number of H-pyrrole nitrogens is 1. The van der Waals surface area contributed by atoms with Gasteiger partial charge in [-0.2, -0.15) is 0 Å². The number of aromatic amines is 1. The summed E-state index contributed by atoms with van der Waals surface area (Å²) in [7, 11) is 1.65. The molecule has 0 radical (unpaired) electrons. The van der Waals surface area contributed by atoms with E-state index < -0.39 is 0 Å². The third kappa shape index (κ3) is 3.96. The molecule has 2 aromatic carbocycles. The largest absolute Gasteiger partial charge is 0.497 e. The molecule has 1 atom stereocenters. The third-order valence-corrected chi connectivity index (χ3v) is 5.20. The summed E-state index contributed by atoms with van der Waals surface area (Å²) in [5.41, 5.74) is 2.49. The Bertz CT molecular complexity index is 965. The molecule has 0 bridgehead atoms. The number of carbonyl (C=O) groups excluding carboxylic acids is 1. The van der Waals surface area contributed by atoms with Gasteiger partial charge in [-0.25, -0.2) is 4.98 Å². The Kier molecular flexibility index (Phi) is 5.19. The van der Waals surface area contributed by atoms with Gasteiger partial charge in [0, 0.05) is 24.6 Å². The second kappa shape index (κ2) is 7.92. The molecule has 3 aromatic rings. The highest BCUT2D eigenvalue weighted by molar-refractivity contribution is 5.97. The molecule has 1 N–H and O–H groups in total. The fourth-order valence-electron chi connectivity index (χ4n) is 3.72. The summed E-state index contributed by atoms with van der Waals surface area (Å²) in [6.45, 7) is 4.03. The van der Waals surface area contributed by atoms with Crippen LogP contribution in [0.15, 0.2) is 42.5 Å². The molecular formula is C22H25N3O3. The van der Waals surface area contributed by atoms with Crippen molar-refractivity contribution in [2.75, 3.05) is 26.8 Å². The minimum Gasteiger partial charge on any atom is -0.497 e. The number of ether oxygens (including phenoxy) is 2. The Morgan fingerprint density at radius 3 is 2.79 bits per heavy atom. The lowest BCUT2D eigenvalue weighted by atomic mass is 9.98. The molecule has 0 spiro atoms. The minimum absolute atomic E-state index is 0.0725. The number of amides is 1. The summed E-state index contributed by atoms with van der Waals surface area (Å²) >= 11 is 0. The van der Waals surface area contributed by atoms with Crippen LogP contribution in [0.1, 0.15) is 29.0 Å². The zero-order valence-electron chi connectivity index (χ0n) is 16.3. The van der Waals surface area contributed by atoms with Gasteiger partial charge < -0.3 is 19.4 Å². The lowest BCUT2D eigenvalue weighted by Gasteiger charge is -2.32. The highest BCUT2D eigenvalue weighted by Gasteiger charge is 2.25. The van der Waals surface area contributed by atoms with E-state index in [0.717, 1.165) is 54.3 Å². The number of hydrogen-bond acceptors (Lipinski definition) is 4. The number of aryl methyl sites for hydroxylation is 1. The maximum atomic E-state index is 13.0. The molecule has 6 heteroatoms. The second-order valence-corrected chi connectivity index (χ2v) is 7.30. The van der Waals surface area contributed by atoms with E-state index >= 15 is 0 Å². The number of hydrogen-bond donors (Lipinski definition) is 1. The fourth-order valence-corrected chi connectivity index (χ4v) is 3.72. The van der Waals surface area contributed by atoms with E-state index in [0.29, 0.717) is 18.1 Å². The van der Waals surface area contributed by atoms with Crippen LogP contribution >= 0.6 is 0 Å². The van der Waals surface area contributed by atoms with Gasteiger partial charge in [0.25, 0.3) is 5.91 Å². The molecule has 0 unspecified atom stereocenters. The summed E-state index contributed by atoms with van der Waals surface area (Å²) in [6, 6.07) is 13.3. The number of carbonyl (C=O) groups is 1. The average Bonchev–Trinajstić information content (AvgIpc) is 3.11. The van der Waals surface area contributed by atoms with Crippen molar-refractivity contribution in [3.8, 4) is 11.5 Å². The van der Waals surface area contributed by atoms with E-state index in [9.17, 15) is 4.79 Å². The molecule has 28 heavy (non-hydrogen) atoms. The van der Waals surface area contributed by atoms with Crippen molar-refractivity contribution in [1.82, 2.24) is 14.9 Å². The van der Waals surface area contributed by atoms with E-state index in [4.69, 9.17) is 9.47 Å². The number of piperidine rings is 1. The Hall–Kier alpha value is -3.02. The maximum absolute atomic E-state index is 13.0. The van der Waals surface area contributed by atoms with Crippen LogP contribution in [0.25, 0.3) is 11.0 Å². The molecule has 6 nitrogen and oxygen atoms in total. The maximum Gasteiger partial charge on any atom is 0.253 e. The highest BCUT2D eigenvalue weighted by atomic mass is 16.5. The van der Waals surface area contributed by atoms with Gasteiger partial charge in [-0.05, 0) is 62.2 Å². The number of imidazole rings is 1. The number of likely N-dealkylation sites (tertiary alicyclic amines) is 1. The van der Waals surface area contributed by atoms with Gasteiger partial charge in [-0.15, -0.1) is 0 Å². The predicted octanol–water partition coefficient (Wildman–Crippen LogP) is 3.81. The van der Waals surface area contributed by atoms with E-state index in [2.05, 4.69) is 9.97 Å². The summed E-state index contributed by atoms with van der Waals surface area (Å²) < 4.78 is 11.1. The quantitative estimate of drug-likeness (QED) is 0.732. The molecule has 2 heterocycles. The van der Waals surface area contributed by atoms with Crippen LogP contribution in [0.5, 0.6) is 11.5 Å². The van der Waals surface area contributed by atoms with Crippen molar-refractivity contribution in [2.24, 2.45) is 5.92 Å². The van der Waals surface area contributed by atoms with Crippen LogP contribution in [0.4, 0.5) is 0 Å². The molecule has 1 aromatic heterocycles. The van der Waals surface area contributed by atoms with Crippen LogP contribution in [0.2, 0.25) is 0 Å². The Morgan fingerprint density at radius 1 is 1.21 bits per heavy atom. The normalized spacial score (nSPS) is 16.9. The predicted molar refractivity (Wildman–Crippen MR) is 108 cm³/mol. The molecule has 1 aliphatic rings. The highest BCUT2D eigenvalue weighted by Crippen LogP contribution is 2.23. The van der Waals surface area contributed by atoms with Gasteiger partial charge in [0.1, 0.15) is 17.3 Å². The lowest BCUT2D eigenvalue weighted by Crippen LogP contribution is -2.41. The van der Waals surface area contributed by atoms with Gasteiger partial charge in [-0.1, -0.05) is 0 Å².